The average molecular weight is 310 g/mol. The summed E-state index contributed by atoms with van der Waals surface area (Å²) >= 11 is 0. The van der Waals surface area contributed by atoms with E-state index in [0.29, 0.717) is 12.6 Å². The molecule has 1 aromatic heterocycles. The molecule has 2 aliphatic rings. The van der Waals surface area contributed by atoms with E-state index in [0.717, 1.165) is 43.7 Å². The van der Waals surface area contributed by atoms with Crippen LogP contribution in [0.15, 0.2) is 35.1 Å². The molecule has 1 aliphatic carbocycles. The Kier molecular flexibility index (Phi) is 3.49. The summed E-state index contributed by atoms with van der Waals surface area (Å²) in [6, 6.07) is 10.5. The quantitative estimate of drug-likeness (QED) is 0.948. The first-order valence-electron chi connectivity index (χ1n) is 8.36. The van der Waals surface area contributed by atoms with Gasteiger partial charge in [0.25, 0.3) is 0 Å². The molecule has 0 radical (unpaired) electrons. The van der Waals surface area contributed by atoms with E-state index in [1.807, 2.05) is 6.92 Å². The molecule has 0 amide bonds. The number of hydrogen-bond donors (Lipinski definition) is 1. The Bertz CT molecular complexity index is 806. The molecular formula is C19H22N2O2. The van der Waals surface area contributed by atoms with Gasteiger partial charge in [-0.3, -0.25) is 9.69 Å². The van der Waals surface area contributed by atoms with E-state index in [1.54, 1.807) is 6.07 Å². The van der Waals surface area contributed by atoms with Gasteiger partial charge in [-0.25, -0.2) is 0 Å². The molecule has 4 rings (SSSR count). The second kappa shape index (κ2) is 5.53. The fourth-order valence-corrected chi connectivity index (χ4v) is 3.69. The molecule has 2 heterocycles. The Morgan fingerprint density at radius 1 is 1.22 bits per heavy atom. The van der Waals surface area contributed by atoms with Crippen LogP contribution in [0.25, 0.3) is 0 Å². The zero-order valence-corrected chi connectivity index (χ0v) is 13.5. The first-order valence-corrected chi connectivity index (χ1v) is 8.36. The van der Waals surface area contributed by atoms with Crippen molar-refractivity contribution >= 4 is 0 Å². The van der Waals surface area contributed by atoms with Gasteiger partial charge >= 0.3 is 0 Å². The number of nitrogens with zero attached hydrogens (tertiary/aromatic N) is 2. The molecule has 1 N–H and O–H groups in total. The Labute approximate surface area is 136 Å². The topological polar surface area (TPSA) is 45.5 Å². The molecule has 1 aliphatic heterocycles. The maximum absolute atomic E-state index is 12.0. The van der Waals surface area contributed by atoms with E-state index in [-0.39, 0.29) is 11.2 Å². The monoisotopic (exact) mass is 310 g/mol. The minimum atomic E-state index is -0.258. The molecule has 1 saturated carbocycles. The molecule has 1 aromatic carbocycles. The van der Waals surface area contributed by atoms with Gasteiger partial charge in [0, 0.05) is 37.4 Å². The summed E-state index contributed by atoms with van der Waals surface area (Å²) in [6.45, 7) is 4.44. The molecule has 0 bridgehead atoms. The highest BCUT2D eigenvalue weighted by Crippen LogP contribution is 2.38. The Morgan fingerprint density at radius 2 is 1.96 bits per heavy atom. The molecule has 4 nitrogen and oxygen atoms in total. The smallest absolute Gasteiger partial charge is 0.223 e. The van der Waals surface area contributed by atoms with Gasteiger partial charge in [-0.15, -0.1) is 0 Å². The van der Waals surface area contributed by atoms with Gasteiger partial charge in [-0.1, -0.05) is 24.3 Å². The van der Waals surface area contributed by atoms with Crippen LogP contribution in [0, 0.1) is 6.92 Å². The maximum atomic E-state index is 12.0. The first-order chi connectivity index (χ1) is 11.1. The van der Waals surface area contributed by atoms with Crippen molar-refractivity contribution in [3.63, 3.8) is 0 Å². The van der Waals surface area contributed by atoms with E-state index in [4.69, 9.17) is 0 Å². The van der Waals surface area contributed by atoms with E-state index in [2.05, 4.69) is 33.7 Å². The van der Waals surface area contributed by atoms with Gasteiger partial charge in [0.2, 0.25) is 5.43 Å². The third kappa shape index (κ3) is 2.68. The van der Waals surface area contributed by atoms with E-state index >= 15 is 0 Å². The van der Waals surface area contributed by atoms with Gasteiger partial charge in [0.15, 0.2) is 5.75 Å². The van der Waals surface area contributed by atoms with Crippen LogP contribution in [0.3, 0.4) is 0 Å². The molecule has 4 heteroatoms. The third-order valence-electron chi connectivity index (χ3n) is 5.01. The Morgan fingerprint density at radius 3 is 2.70 bits per heavy atom. The maximum Gasteiger partial charge on any atom is 0.223 e. The average Bonchev–Trinajstić information content (AvgIpc) is 3.37. The van der Waals surface area contributed by atoms with Gasteiger partial charge in [0.1, 0.15) is 0 Å². The summed E-state index contributed by atoms with van der Waals surface area (Å²) in [7, 11) is 0. The summed E-state index contributed by atoms with van der Waals surface area (Å²) in [5, 5.41) is 10.3. The molecule has 0 atom stereocenters. The minimum absolute atomic E-state index is 0.0682. The molecule has 0 saturated heterocycles. The van der Waals surface area contributed by atoms with Crippen molar-refractivity contribution in [2.75, 3.05) is 6.54 Å². The van der Waals surface area contributed by atoms with Crippen molar-refractivity contribution in [2.24, 2.45) is 0 Å². The highest BCUT2D eigenvalue weighted by Gasteiger charge is 2.29. The Balaban J connectivity index is 1.66. The minimum Gasteiger partial charge on any atom is -0.503 e. The van der Waals surface area contributed by atoms with Crippen molar-refractivity contribution in [2.45, 2.75) is 45.3 Å². The number of hydrogen-bond acceptors (Lipinski definition) is 3. The number of aromatic nitrogens is 1. The number of pyridine rings is 1. The first kappa shape index (κ1) is 14.5. The van der Waals surface area contributed by atoms with Crippen molar-refractivity contribution in [3.8, 4) is 5.75 Å². The lowest BCUT2D eigenvalue weighted by molar-refractivity contribution is 0.233. The number of fused-ring (bicyclic) bond motifs is 1. The third-order valence-corrected chi connectivity index (χ3v) is 5.01. The number of benzene rings is 1. The summed E-state index contributed by atoms with van der Waals surface area (Å²) in [5.41, 5.74) is 4.26. The predicted molar refractivity (Wildman–Crippen MR) is 89.6 cm³/mol. The van der Waals surface area contributed by atoms with Gasteiger partial charge in [-0.2, -0.15) is 0 Å². The molecule has 120 valence electrons. The molecule has 0 unspecified atom stereocenters. The van der Waals surface area contributed by atoms with Crippen LogP contribution in [-0.2, 0) is 19.5 Å². The van der Waals surface area contributed by atoms with Crippen LogP contribution in [0.2, 0.25) is 0 Å². The predicted octanol–water partition coefficient (Wildman–Crippen LogP) is 2.76. The van der Waals surface area contributed by atoms with Crippen LogP contribution in [0.1, 0.15) is 41.4 Å². The highest BCUT2D eigenvalue weighted by molar-refractivity contribution is 5.33. The Hall–Kier alpha value is -2.07. The zero-order valence-electron chi connectivity index (χ0n) is 13.5. The van der Waals surface area contributed by atoms with Gasteiger partial charge < -0.3 is 9.67 Å². The second-order valence-electron chi connectivity index (χ2n) is 6.78. The SMILES string of the molecule is Cc1cc(=O)c(O)c(CN2CCc3ccccc3C2)n1C1CC1. The van der Waals surface area contributed by atoms with Gasteiger partial charge in [-0.05, 0) is 37.3 Å². The van der Waals surface area contributed by atoms with Crippen LogP contribution < -0.4 is 5.43 Å². The fraction of sp³-hybridized carbons (Fsp3) is 0.421. The van der Waals surface area contributed by atoms with Crippen molar-refractivity contribution in [1.29, 1.82) is 0 Å². The second-order valence-corrected chi connectivity index (χ2v) is 6.78. The van der Waals surface area contributed by atoms with Crippen LogP contribution in [0.5, 0.6) is 5.75 Å². The molecule has 23 heavy (non-hydrogen) atoms. The van der Waals surface area contributed by atoms with Crippen LogP contribution in [0.4, 0.5) is 0 Å². The highest BCUT2D eigenvalue weighted by atomic mass is 16.3. The fourth-order valence-electron chi connectivity index (χ4n) is 3.69. The van der Waals surface area contributed by atoms with Crippen LogP contribution >= 0.6 is 0 Å². The lowest BCUT2D eigenvalue weighted by atomic mass is 10.00. The normalized spacial score (nSPS) is 18.0. The van der Waals surface area contributed by atoms with Gasteiger partial charge in [0.05, 0.1) is 5.69 Å². The van der Waals surface area contributed by atoms with E-state index < -0.39 is 0 Å². The van der Waals surface area contributed by atoms with Crippen molar-refractivity contribution in [1.82, 2.24) is 9.47 Å². The van der Waals surface area contributed by atoms with Crippen molar-refractivity contribution < 1.29 is 5.11 Å². The van der Waals surface area contributed by atoms with E-state index in [9.17, 15) is 9.90 Å². The number of aryl methyl sites for hydroxylation is 1. The summed E-state index contributed by atoms with van der Waals surface area (Å²) in [4.78, 5) is 14.3. The summed E-state index contributed by atoms with van der Waals surface area (Å²) in [6.07, 6.45) is 3.30. The standard InChI is InChI=1S/C19H22N2O2/c1-13-10-18(22)19(23)17(21(13)16-6-7-16)12-20-9-8-14-4-2-3-5-15(14)11-20/h2-5,10,16,23H,6-9,11-12H2,1H3. The lowest BCUT2D eigenvalue weighted by Gasteiger charge is -2.30. The van der Waals surface area contributed by atoms with Crippen LogP contribution in [-0.4, -0.2) is 21.1 Å². The summed E-state index contributed by atoms with van der Waals surface area (Å²) in [5.74, 6) is -0.0682. The molecule has 1 fully saturated rings. The van der Waals surface area contributed by atoms with Crippen molar-refractivity contribution in [3.05, 3.63) is 63.1 Å². The number of rotatable bonds is 3. The zero-order chi connectivity index (χ0) is 16.0. The number of aromatic hydroxyl groups is 1. The van der Waals surface area contributed by atoms with E-state index in [1.165, 1.54) is 11.1 Å². The molecule has 2 aromatic rings. The largest absolute Gasteiger partial charge is 0.503 e. The lowest BCUT2D eigenvalue weighted by Crippen LogP contribution is -2.32. The summed E-state index contributed by atoms with van der Waals surface area (Å²) < 4.78 is 2.18. The molecular weight excluding hydrogens is 288 g/mol. The molecule has 0 spiro atoms.